The Kier molecular flexibility index (Phi) is 6.68. The van der Waals surface area contributed by atoms with Crippen molar-refractivity contribution in [3.63, 3.8) is 0 Å². The maximum Gasteiger partial charge on any atom is 0.230 e. The first-order valence-corrected chi connectivity index (χ1v) is 10.8. The van der Waals surface area contributed by atoms with Crippen LogP contribution in [0, 0.1) is 0 Å². The molecule has 0 atom stereocenters. The summed E-state index contributed by atoms with van der Waals surface area (Å²) in [5, 5.41) is 12.3. The molecule has 0 spiro atoms. The molecule has 0 unspecified atom stereocenters. The summed E-state index contributed by atoms with van der Waals surface area (Å²) < 4.78 is 12.8. The summed E-state index contributed by atoms with van der Waals surface area (Å²) >= 11 is 1.35. The van der Waals surface area contributed by atoms with E-state index in [1.807, 2.05) is 53.1 Å². The molecule has 2 aromatic carbocycles. The van der Waals surface area contributed by atoms with E-state index in [9.17, 15) is 4.79 Å². The van der Waals surface area contributed by atoms with Gasteiger partial charge in [0.1, 0.15) is 11.5 Å². The van der Waals surface area contributed by atoms with Crippen molar-refractivity contribution in [2.45, 2.75) is 18.2 Å². The van der Waals surface area contributed by atoms with Gasteiger partial charge in [0.25, 0.3) is 0 Å². The minimum atomic E-state index is -0.102. The molecule has 0 bridgehead atoms. The molecule has 0 aliphatic heterocycles. The van der Waals surface area contributed by atoms with Crippen molar-refractivity contribution < 1.29 is 13.9 Å². The summed E-state index contributed by atoms with van der Waals surface area (Å²) in [6, 6.07) is 21.4. The molecule has 1 N–H and O–H groups in total. The molecule has 4 aromatic rings. The SMILES string of the molecule is COc1ccccc1-c1nnc(SCC(=O)NCc2ccco2)n1Cc1ccccc1. The van der Waals surface area contributed by atoms with Crippen molar-refractivity contribution in [1.29, 1.82) is 0 Å². The van der Waals surface area contributed by atoms with Gasteiger partial charge < -0.3 is 14.5 Å². The third-order valence-corrected chi connectivity index (χ3v) is 5.59. The monoisotopic (exact) mass is 434 g/mol. The summed E-state index contributed by atoms with van der Waals surface area (Å²) in [4.78, 5) is 12.3. The Morgan fingerprint density at radius 2 is 1.87 bits per heavy atom. The fourth-order valence-corrected chi connectivity index (χ4v) is 3.88. The van der Waals surface area contributed by atoms with Crippen LogP contribution in [-0.4, -0.2) is 33.5 Å². The van der Waals surface area contributed by atoms with Gasteiger partial charge in [0.05, 0.1) is 37.8 Å². The molecular formula is C23H22N4O3S. The first kappa shape index (κ1) is 20.7. The van der Waals surface area contributed by atoms with Crippen molar-refractivity contribution in [2.75, 3.05) is 12.9 Å². The predicted octanol–water partition coefficient (Wildman–Crippen LogP) is 4.00. The molecule has 7 nitrogen and oxygen atoms in total. The van der Waals surface area contributed by atoms with Crippen molar-refractivity contribution >= 4 is 17.7 Å². The van der Waals surface area contributed by atoms with Gasteiger partial charge in [-0.05, 0) is 29.8 Å². The molecule has 31 heavy (non-hydrogen) atoms. The molecule has 0 radical (unpaired) electrons. The summed E-state index contributed by atoms with van der Waals surface area (Å²) in [5.74, 6) is 2.25. The molecule has 2 aromatic heterocycles. The van der Waals surface area contributed by atoms with E-state index in [-0.39, 0.29) is 11.7 Å². The van der Waals surface area contributed by atoms with Crippen LogP contribution in [0.2, 0.25) is 0 Å². The molecule has 8 heteroatoms. The molecule has 158 valence electrons. The van der Waals surface area contributed by atoms with E-state index in [1.54, 1.807) is 19.4 Å². The second kappa shape index (κ2) is 9.99. The number of carbonyl (C=O) groups excluding carboxylic acids is 1. The number of hydrogen-bond donors (Lipinski definition) is 1. The Hall–Kier alpha value is -3.52. The van der Waals surface area contributed by atoms with E-state index in [1.165, 1.54) is 11.8 Å². The highest BCUT2D eigenvalue weighted by molar-refractivity contribution is 7.99. The van der Waals surface area contributed by atoms with E-state index < -0.39 is 0 Å². The Labute approximate surface area is 184 Å². The molecule has 0 fully saturated rings. The predicted molar refractivity (Wildman–Crippen MR) is 119 cm³/mol. The lowest BCUT2D eigenvalue weighted by atomic mass is 10.1. The summed E-state index contributed by atoms with van der Waals surface area (Å²) in [6.07, 6.45) is 1.59. The quantitative estimate of drug-likeness (QED) is 0.401. The van der Waals surface area contributed by atoms with Gasteiger partial charge in [-0.25, -0.2) is 0 Å². The Bertz CT molecular complexity index is 1130. The van der Waals surface area contributed by atoms with E-state index in [2.05, 4.69) is 27.6 Å². The number of rotatable bonds is 9. The number of hydrogen-bond acceptors (Lipinski definition) is 6. The first-order chi connectivity index (χ1) is 15.2. The average molecular weight is 435 g/mol. The second-order valence-electron chi connectivity index (χ2n) is 6.72. The lowest BCUT2D eigenvalue weighted by molar-refractivity contribution is -0.118. The summed E-state index contributed by atoms with van der Waals surface area (Å²) in [5.41, 5.74) is 1.96. The summed E-state index contributed by atoms with van der Waals surface area (Å²) in [6.45, 7) is 0.938. The number of ether oxygens (including phenoxy) is 1. The number of nitrogens with zero attached hydrogens (tertiary/aromatic N) is 3. The molecule has 1 amide bonds. The van der Waals surface area contributed by atoms with Gasteiger partial charge in [-0.15, -0.1) is 10.2 Å². The van der Waals surface area contributed by atoms with Gasteiger partial charge in [0.15, 0.2) is 11.0 Å². The number of thioether (sulfide) groups is 1. The van der Waals surface area contributed by atoms with Crippen LogP contribution in [0.5, 0.6) is 5.75 Å². The molecule has 0 aliphatic carbocycles. The zero-order chi connectivity index (χ0) is 21.5. The zero-order valence-corrected chi connectivity index (χ0v) is 17.8. The lowest BCUT2D eigenvalue weighted by Gasteiger charge is -2.12. The van der Waals surface area contributed by atoms with Crippen molar-refractivity contribution in [3.8, 4) is 17.1 Å². The third kappa shape index (κ3) is 5.16. The van der Waals surface area contributed by atoms with Gasteiger partial charge in [0, 0.05) is 0 Å². The van der Waals surface area contributed by atoms with Crippen molar-refractivity contribution in [1.82, 2.24) is 20.1 Å². The molecule has 2 heterocycles. The largest absolute Gasteiger partial charge is 0.496 e. The molecule has 0 saturated carbocycles. The molecule has 0 saturated heterocycles. The number of nitrogens with one attached hydrogen (secondary N) is 1. The number of aromatic nitrogens is 3. The van der Waals surface area contributed by atoms with Crippen molar-refractivity contribution in [3.05, 3.63) is 84.3 Å². The van der Waals surface area contributed by atoms with Gasteiger partial charge in [-0.2, -0.15) is 0 Å². The Morgan fingerprint density at radius 3 is 2.65 bits per heavy atom. The number of methoxy groups -OCH3 is 1. The van der Waals surface area contributed by atoms with E-state index in [0.29, 0.717) is 29.8 Å². The number of amides is 1. The fourth-order valence-electron chi connectivity index (χ4n) is 3.11. The minimum Gasteiger partial charge on any atom is -0.496 e. The van der Waals surface area contributed by atoms with Crippen LogP contribution < -0.4 is 10.1 Å². The number of para-hydroxylation sites is 1. The van der Waals surface area contributed by atoms with Crippen LogP contribution in [0.25, 0.3) is 11.4 Å². The average Bonchev–Trinajstić information content (AvgIpc) is 3.47. The van der Waals surface area contributed by atoms with Gasteiger partial charge in [0.2, 0.25) is 5.91 Å². The molecular weight excluding hydrogens is 412 g/mol. The molecule has 4 rings (SSSR count). The highest BCUT2D eigenvalue weighted by Crippen LogP contribution is 2.31. The summed E-state index contributed by atoms with van der Waals surface area (Å²) in [7, 11) is 1.63. The Morgan fingerprint density at radius 1 is 1.06 bits per heavy atom. The normalized spacial score (nSPS) is 10.7. The van der Waals surface area contributed by atoms with Crippen LogP contribution in [0.3, 0.4) is 0 Å². The van der Waals surface area contributed by atoms with Crippen LogP contribution in [0.1, 0.15) is 11.3 Å². The number of carbonyl (C=O) groups is 1. The van der Waals surface area contributed by atoms with Crippen LogP contribution >= 0.6 is 11.8 Å². The van der Waals surface area contributed by atoms with Crippen LogP contribution in [0.15, 0.2) is 82.6 Å². The van der Waals surface area contributed by atoms with Crippen molar-refractivity contribution in [2.24, 2.45) is 0 Å². The maximum absolute atomic E-state index is 12.3. The second-order valence-corrected chi connectivity index (χ2v) is 7.67. The van der Waals surface area contributed by atoms with Crippen LogP contribution in [-0.2, 0) is 17.9 Å². The van der Waals surface area contributed by atoms with Gasteiger partial charge in [-0.3, -0.25) is 9.36 Å². The first-order valence-electron chi connectivity index (χ1n) is 9.77. The lowest BCUT2D eigenvalue weighted by Crippen LogP contribution is -2.24. The Balaban J connectivity index is 1.55. The van der Waals surface area contributed by atoms with Gasteiger partial charge in [-0.1, -0.05) is 54.2 Å². The van der Waals surface area contributed by atoms with E-state index in [4.69, 9.17) is 9.15 Å². The smallest absolute Gasteiger partial charge is 0.230 e. The zero-order valence-electron chi connectivity index (χ0n) is 17.0. The standard InChI is InChI=1S/C23H22N4O3S/c1-29-20-12-6-5-11-19(20)22-25-26-23(27(22)15-17-8-3-2-4-9-17)31-16-21(28)24-14-18-10-7-13-30-18/h2-13H,14-16H2,1H3,(H,24,28). The maximum atomic E-state index is 12.3. The molecule has 0 aliphatic rings. The topological polar surface area (TPSA) is 82.2 Å². The fraction of sp³-hybridized carbons (Fsp3) is 0.174. The number of furan rings is 1. The van der Waals surface area contributed by atoms with Crippen LogP contribution in [0.4, 0.5) is 0 Å². The highest BCUT2D eigenvalue weighted by atomic mass is 32.2. The minimum absolute atomic E-state index is 0.102. The van der Waals surface area contributed by atoms with Gasteiger partial charge >= 0.3 is 0 Å². The van der Waals surface area contributed by atoms with E-state index >= 15 is 0 Å². The highest BCUT2D eigenvalue weighted by Gasteiger charge is 2.18. The third-order valence-electron chi connectivity index (χ3n) is 4.62. The number of benzene rings is 2. The van der Waals surface area contributed by atoms with E-state index in [0.717, 1.165) is 16.9 Å².